The first-order valence-electron chi connectivity index (χ1n) is 7.19. The summed E-state index contributed by atoms with van der Waals surface area (Å²) in [6.07, 6.45) is 5.65. The van der Waals surface area contributed by atoms with Crippen molar-refractivity contribution in [1.82, 2.24) is 14.1 Å². The Kier molecular flexibility index (Phi) is 3.71. The molecule has 3 rings (SSSR count). The molecule has 1 aliphatic rings. The minimum absolute atomic E-state index is 0.216. The van der Waals surface area contributed by atoms with Crippen molar-refractivity contribution < 1.29 is 8.42 Å². The predicted octanol–water partition coefficient (Wildman–Crippen LogP) is 2.44. The average Bonchev–Trinajstić information content (AvgIpc) is 3.04. The first-order valence-corrected chi connectivity index (χ1v) is 9.55. The molecule has 0 radical (unpaired) electrons. The standard InChI is InChI=1S/C13H20N4O2S2/c1-3-14-10-11(17-8-9-20-12(17)15-10)21(18,19)16-13(2)6-4-5-7-13/h8-9,14,16H,3-7H2,1-2H3. The van der Waals surface area contributed by atoms with Gasteiger partial charge in [0.05, 0.1) is 0 Å². The zero-order chi connectivity index (χ0) is 15.1. The fourth-order valence-corrected chi connectivity index (χ4v) is 5.43. The van der Waals surface area contributed by atoms with Gasteiger partial charge in [-0.2, -0.15) is 0 Å². The number of hydrogen-bond acceptors (Lipinski definition) is 5. The number of aromatic nitrogens is 2. The molecule has 1 fully saturated rings. The highest BCUT2D eigenvalue weighted by Gasteiger charge is 2.36. The van der Waals surface area contributed by atoms with E-state index in [9.17, 15) is 8.42 Å². The maximum Gasteiger partial charge on any atom is 0.260 e. The lowest BCUT2D eigenvalue weighted by atomic mass is 10.0. The van der Waals surface area contributed by atoms with Crippen LogP contribution in [0.15, 0.2) is 16.6 Å². The molecular weight excluding hydrogens is 308 g/mol. The molecule has 2 aromatic heterocycles. The summed E-state index contributed by atoms with van der Waals surface area (Å²) in [5, 5.41) is 5.11. The molecule has 116 valence electrons. The van der Waals surface area contributed by atoms with Gasteiger partial charge in [0.25, 0.3) is 10.0 Å². The summed E-state index contributed by atoms with van der Waals surface area (Å²) in [6.45, 7) is 4.54. The van der Waals surface area contributed by atoms with Crippen LogP contribution in [0.1, 0.15) is 39.5 Å². The SMILES string of the molecule is CCNc1nc2sccn2c1S(=O)(=O)NC1(C)CCCC1. The summed E-state index contributed by atoms with van der Waals surface area (Å²) in [6, 6.07) is 0. The fourth-order valence-electron chi connectivity index (χ4n) is 2.93. The molecule has 0 atom stereocenters. The van der Waals surface area contributed by atoms with Gasteiger partial charge in [0.2, 0.25) is 0 Å². The summed E-state index contributed by atoms with van der Waals surface area (Å²) in [5.74, 6) is 0.429. The van der Waals surface area contributed by atoms with Crippen LogP contribution < -0.4 is 10.0 Å². The number of hydrogen-bond donors (Lipinski definition) is 2. The molecule has 0 amide bonds. The minimum Gasteiger partial charge on any atom is -0.368 e. The Morgan fingerprint density at radius 1 is 1.43 bits per heavy atom. The number of rotatable bonds is 5. The molecule has 1 saturated carbocycles. The van der Waals surface area contributed by atoms with Crippen LogP contribution in [0.5, 0.6) is 0 Å². The van der Waals surface area contributed by atoms with Gasteiger partial charge in [-0.1, -0.05) is 12.8 Å². The van der Waals surface area contributed by atoms with Crippen LogP contribution in [-0.2, 0) is 10.0 Å². The van der Waals surface area contributed by atoms with Crippen LogP contribution in [0.3, 0.4) is 0 Å². The van der Waals surface area contributed by atoms with Crippen LogP contribution >= 0.6 is 11.3 Å². The number of anilines is 1. The highest BCUT2D eigenvalue weighted by molar-refractivity contribution is 7.89. The molecule has 2 N–H and O–H groups in total. The molecular formula is C13H20N4O2S2. The van der Waals surface area contributed by atoms with Crippen molar-refractivity contribution in [2.75, 3.05) is 11.9 Å². The molecule has 0 bridgehead atoms. The van der Waals surface area contributed by atoms with Crippen LogP contribution in [0.4, 0.5) is 5.82 Å². The Morgan fingerprint density at radius 3 is 2.81 bits per heavy atom. The van der Waals surface area contributed by atoms with Crippen molar-refractivity contribution in [3.8, 4) is 0 Å². The maximum absolute atomic E-state index is 12.9. The smallest absolute Gasteiger partial charge is 0.260 e. The molecule has 21 heavy (non-hydrogen) atoms. The summed E-state index contributed by atoms with van der Waals surface area (Å²) in [4.78, 5) is 5.06. The van der Waals surface area contributed by atoms with E-state index in [4.69, 9.17) is 0 Å². The Bertz CT molecular complexity index is 741. The van der Waals surface area contributed by atoms with Gasteiger partial charge < -0.3 is 5.32 Å². The first-order chi connectivity index (χ1) is 9.95. The zero-order valence-corrected chi connectivity index (χ0v) is 13.9. The minimum atomic E-state index is -3.61. The highest BCUT2D eigenvalue weighted by atomic mass is 32.2. The molecule has 0 unspecified atom stereocenters. The predicted molar refractivity (Wildman–Crippen MR) is 84.4 cm³/mol. The van der Waals surface area contributed by atoms with Crippen molar-refractivity contribution in [1.29, 1.82) is 0 Å². The average molecular weight is 328 g/mol. The molecule has 6 nitrogen and oxygen atoms in total. The number of nitrogens with one attached hydrogen (secondary N) is 2. The van der Waals surface area contributed by atoms with E-state index in [-0.39, 0.29) is 10.6 Å². The molecule has 0 spiro atoms. The molecule has 2 heterocycles. The van der Waals surface area contributed by atoms with Gasteiger partial charge in [0.1, 0.15) is 0 Å². The second-order valence-electron chi connectivity index (χ2n) is 5.72. The van der Waals surface area contributed by atoms with Crippen molar-refractivity contribution in [3.05, 3.63) is 11.6 Å². The Balaban J connectivity index is 2.04. The van der Waals surface area contributed by atoms with E-state index in [2.05, 4.69) is 15.0 Å². The second kappa shape index (κ2) is 5.26. The number of thiazole rings is 1. The van der Waals surface area contributed by atoms with Crippen molar-refractivity contribution in [2.24, 2.45) is 0 Å². The third-order valence-corrected chi connectivity index (χ3v) is 6.32. The lowest BCUT2D eigenvalue weighted by molar-refractivity contribution is 0.426. The van der Waals surface area contributed by atoms with Gasteiger partial charge in [-0.3, -0.25) is 4.40 Å². The summed E-state index contributed by atoms with van der Waals surface area (Å²) in [5.41, 5.74) is -0.345. The van der Waals surface area contributed by atoms with E-state index in [1.54, 1.807) is 10.6 Å². The van der Waals surface area contributed by atoms with Gasteiger partial charge in [0, 0.05) is 23.7 Å². The number of imidazole rings is 1. The number of nitrogens with zero attached hydrogens (tertiary/aromatic N) is 2. The Morgan fingerprint density at radius 2 is 2.14 bits per heavy atom. The molecule has 0 saturated heterocycles. The topological polar surface area (TPSA) is 75.5 Å². The lowest BCUT2D eigenvalue weighted by Crippen LogP contribution is -2.44. The summed E-state index contributed by atoms with van der Waals surface area (Å²) in [7, 11) is -3.61. The first kappa shape index (κ1) is 14.8. The molecule has 0 aromatic carbocycles. The van der Waals surface area contributed by atoms with E-state index in [0.29, 0.717) is 17.3 Å². The number of fused-ring (bicyclic) bond motifs is 1. The second-order valence-corrected chi connectivity index (χ2v) is 8.20. The van der Waals surface area contributed by atoms with Crippen molar-refractivity contribution in [2.45, 2.75) is 50.1 Å². The van der Waals surface area contributed by atoms with Crippen molar-refractivity contribution in [3.63, 3.8) is 0 Å². The molecule has 8 heteroatoms. The van der Waals surface area contributed by atoms with Gasteiger partial charge in [-0.15, -0.1) is 11.3 Å². The van der Waals surface area contributed by atoms with Gasteiger partial charge in [-0.25, -0.2) is 18.1 Å². The molecule has 0 aliphatic heterocycles. The lowest BCUT2D eigenvalue weighted by Gasteiger charge is -2.24. The largest absolute Gasteiger partial charge is 0.368 e. The van der Waals surface area contributed by atoms with E-state index in [1.807, 2.05) is 19.2 Å². The third-order valence-electron chi connectivity index (χ3n) is 3.90. The zero-order valence-electron chi connectivity index (χ0n) is 12.2. The van der Waals surface area contributed by atoms with Crippen molar-refractivity contribution >= 4 is 32.1 Å². The van der Waals surface area contributed by atoms with Crippen LogP contribution in [0, 0.1) is 0 Å². The Labute approximate surface area is 128 Å². The van der Waals surface area contributed by atoms with E-state index >= 15 is 0 Å². The highest BCUT2D eigenvalue weighted by Crippen LogP contribution is 2.32. The van der Waals surface area contributed by atoms with E-state index in [1.165, 1.54) is 11.3 Å². The molecule has 1 aliphatic carbocycles. The normalized spacial score (nSPS) is 18.4. The van der Waals surface area contributed by atoms with E-state index in [0.717, 1.165) is 25.7 Å². The number of sulfonamides is 1. The van der Waals surface area contributed by atoms with Gasteiger partial charge in [0.15, 0.2) is 15.8 Å². The summed E-state index contributed by atoms with van der Waals surface area (Å²) >= 11 is 1.43. The Hall–Kier alpha value is -1.12. The molecule has 2 aromatic rings. The summed E-state index contributed by atoms with van der Waals surface area (Å²) < 4.78 is 30.2. The maximum atomic E-state index is 12.9. The van der Waals surface area contributed by atoms with Crippen LogP contribution in [0.2, 0.25) is 0 Å². The van der Waals surface area contributed by atoms with E-state index < -0.39 is 10.0 Å². The van der Waals surface area contributed by atoms with Crippen LogP contribution in [0.25, 0.3) is 4.96 Å². The third kappa shape index (κ3) is 2.67. The fraction of sp³-hybridized carbons (Fsp3) is 0.615. The quantitative estimate of drug-likeness (QED) is 0.884. The monoisotopic (exact) mass is 328 g/mol. The van der Waals surface area contributed by atoms with Gasteiger partial charge >= 0.3 is 0 Å². The van der Waals surface area contributed by atoms with Gasteiger partial charge in [-0.05, 0) is 26.7 Å². The van der Waals surface area contributed by atoms with Crippen LogP contribution in [-0.4, -0.2) is 29.9 Å².